The van der Waals surface area contributed by atoms with Crippen LogP contribution in [0.3, 0.4) is 0 Å². The van der Waals surface area contributed by atoms with Gasteiger partial charge in [-0.05, 0) is 12.1 Å². The predicted molar refractivity (Wildman–Crippen MR) is 85.8 cm³/mol. The maximum Gasteiger partial charge on any atom is 0.267 e. The summed E-state index contributed by atoms with van der Waals surface area (Å²) >= 11 is 1.31. The first kappa shape index (κ1) is 15.2. The highest BCUT2D eigenvalue weighted by molar-refractivity contribution is 7.18. The Morgan fingerprint density at radius 1 is 1.33 bits per heavy atom. The molecule has 2 aromatic rings. The number of hydrogen-bond donors (Lipinski definition) is 1. The molecule has 1 amide bonds. The third kappa shape index (κ3) is 3.69. The second-order valence-corrected chi connectivity index (χ2v) is 5.88. The van der Waals surface area contributed by atoms with Gasteiger partial charge < -0.3 is 15.5 Å². The van der Waals surface area contributed by atoms with Crippen LogP contribution < -0.4 is 10.6 Å². The summed E-state index contributed by atoms with van der Waals surface area (Å²) in [6.45, 7) is 0.588. The van der Waals surface area contributed by atoms with Crippen LogP contribution in [-0.2, 0) is 6.42 Å². The maximum absolute atomic E-state index is 12.4. The normalized spacial score (nSPS) is 10.4. The molecule has 0 aliphatic heterocycles. The van der Waals surface area contributed by atoms with E-state index < -0.39 is 0 Å². The van der Waals surface area contributed by atoms with Gasteiger partial charge in [-0.2, -0.15) is 0 Å². The van der Waals surface area contributed by atoms with Crippen molar-refractivity contribution in [2.24, 2.45) is 0 Å². The van der Waals surface area contributed by atoms with Crippen LogP contribution in [0.2, 0.25) is 0 Å². The average molecular weight is 305 g/mol. The van der Waals surface area contributed by atoms with E-state index in [0.29, 0.717) is 23.7 Å². The van der Waals surface area contributed by atoms with Crippen molar-refractivity contribution >= 4 is 28.2 Å². The quantitative estimate of drug-likeness (QED) is 0.906. The van der Waals surface area contributed by atoms with Gasteiger partial charge in [-0.1, -0.05) is 17.4 Å². The molecule has 0 aliphatic carbocycles. The standard InChI is InChI=1S/C14H19N5OS/c1-18(2)14-17-12(15)11(21-14)13(20)19(3)9-7-10-6-4-5-8-16-10/h4-6,8H,7,9,15H2,1-3H3. The zero-order valence-electron chi connectivity index (χ0n) is 12.4. The first-order valence-electron chi connectivity index (χ1n) is 6.58. The molecule has 0 radical (unpaired) electrons. The number of hydrogen-bond acceptors (Lipinski definition) is 6. The lowest BCUT2D eigenvalue weighted by molar-refractivity contribution is 0.0802. The lowest BCUT2D eigenvalue weighted by Gasteiger charge is -2.16. The largest absolute Gasteiger partial charge is 0.382 e. The summed E-state index contributed by atoms with van der Waals surface area (Å²) in [7, 11) is 5.51. The third-order valence-corrected chi connectivity index (χ3v) is 4.22. The average Bonchev–Trinajstić information content (AvgIpc) is 2.87. The lowest BCUT2D eigenvalue weighted by Crippen LogP contribution is -2.28. The molecule has 0 bridgehead atoms. The molecule has 6 nitrogen and oxygen atoms in total. The Balaban J connectivity index is 2.02. The number of likely N-dealkylation sites (N-methyl/N-ethyl adjacent to an activating group) is 1. The number of carbonyl (C=O) groups excluding carboxylic acids is 1. The van der Waals surface area contributed by atoms with Crippen LogP contribution in [0.5, 0.6) is 0 Å². The molecule has 0 saturated carbocycles. The van der Waals surface area contributed by atoms with Gasteiger partial charge in [-0.3, -0.25) is 9.78 Å². The van der Waals surface area contributed by atoms with Crippen molar-refractivity contribution in [3.8, 4) is 0 Å². The Morgan fingerprint density at radius 2 is 2.10 bits per heavy atom. The number of amides is 1. The maximum atomic E-state index is 12.4. The monoisotopic (exact) mass is 305 g/mol. The molecule has 2 rings (SSSR count). The summed E-state index contributed by atoms with van der Waals surface area (Å²) in [6, 6.07) is 5.76. The first-order chi connectivity index (χ1) is 9.99. The van der Waals surface area contributed by atoms with Crippen LogP contribution in [-0.4, -0.2) is 48.5 Å². The number of aromatic nitrogens is 2. The van der Waals surface area contributed by atoms with Crippen LogP contribution in [0.4, 0.5) is 10.9 Å². The van der Waals surface area contributed by atoms with Crippen molar-refractivity contribution < 1.29 is 4.79 Å². The summed E-state index contributed by atoms with van der Waals surface area (Å²) in [4.78, 5) is 24.8. The number of anilines is 2. The summed E-state index contributed by atoms with van der Waals surface area (Å²) < 4.78 is 0. The fourth-order valence-corrected chi connectivity index (χ4v) is 2.67. The predicted octanol–water partition coefficient (Wildman–Crippen LogP) is 1.50. The number of pyridine rings is 1. The van der Waals surface area contributed by atoms with Gasteiger partial charge in [0, 0.05) is 46.0 Å². The van der Waals surface area contributed by atoms with Crippen molar-refractivity contribution in [3.05, 3.63) is 35.0 Å². The zero-order chi connectivity index (χ0) is 15.4. The molecule has 21 heavy (non-hydrogen) atoms. The number of nitrogen functional groups attached to an aromatic ring is 1. The molecule has 0 atom stereocenters. The molecule has 0 spiro atoms. The zero-order valence-corrected chi connectivity index (χ0v) is 13.2. The van der Waals surface area contributed by atoms with Crippen LogP contribution >= 0.6 is 11.3 Å². The van der Waals surface area contributed by atoms with Crippen LogP contribution in [0.15, 0.2) is 24.4 Å². The summed E-state index contributed by atoms with van der Waals surface area (Å²) in [6.07, 6.45) is 2.46. The Hall–Kier alpha value is -2.15. The van der Waals surface area contributed by atoms with Crippen molar-refractivity contribution in [2.45, 2.75) is 6.42 Å². The number of rotatable bonds is 5. The second kappa shape index (κ2) is 6.53. The van der Waals surface area contributed by atoms with Crippen molar-refractivity contribution in [3.63, 3.8) is 0 Å². The summed E-state index contributed by atoms with van der Waals surface area (Å²) in [5, 5.41) is 0.731. The lowest BCUT2D eigenvalue weighted by atomic mass is 10.2. The number of nitrogens with zero attached hydrogens (tertiary/aromatic N) is 4. The molecule has 2 heterocycles. The van der Waals surface area contributed by atoms with E-state index >= 15 is 0 Å². The van der Waals surface area contributed by atoms with Gasteiger partial charge >= 0.3 is 0 Å². The van der Waals surface area contributed by atoms with Gasteiger partial charge in [0.1, 0.15) is 10.7 Å². The molecule has 0 aromatic carbocycles. The SMILES string of the molecule is CN(CCc1ccccn1)C(=O)c1sc(N(C)C)nc1N. The van der Waals surface area contributed by atoms with E-state index in [1.165, 1.54) is 11.3 Å². The smallest absolute Gasteiger partial charge is 0.267 e. The van der Waals surface area contributed by atoms with E-state index in [-0.39, 0.29) is 5.91 Å². The van der Waals surface area contributed by atoms with Gasteiger partial charge in [-0.15, -0.1) is 0 Å². The molecule has 7 heteroatoms. The van der Waals surface area contributed by atoms with Crippen LogP contribution in [0.1, 0.15) is 15.4 Å². The van der Waals surface area contributed by atoms with E-state index in [2.05, 4.69) is 9.97 Å². The molecule has 2 N–H and O–H groups in total. The first-order valence-corrected chi connectivity index (χ1v) is 7.39. The Kier molecular flexibility index (Phi) is 4.74. The van der Waals surface area contributed by atoms with E-state index in [1.54, 1.807) is 18.1 Å². The molecule has 112 valence electrons. The highest BCUT2D eigenvalue weighted by atomic mass is 32.1. The molecule has 0 fully saturated rings. The van der Waals surface area contributed by atoms with Gasteiger partial charge in [0.15, 0.2) is 5.13 Å². The van der Waals surface area contributed by atoms with Crippen LogP contribution in [0.25, 0.3) is 0 Å². The minimum absolute atomic E-state index is 0.103. The fraction of sp³-hybridized carbons (Fsp3) is 0.357. The van der Waals surface area contributed by atoms with E-state index in [0.717, 1.165) is 10.8 Å². The summed E-state index contributed by atoms with van der Waals surface area (Å²) in [5.74, 6) is 0.187. The van der Waals surface area contributed by atoms with Crippen molar-refractivity contribution in [1.29, 1.82) is 0 Å². The van der Waals surface area contributed by atoms with Crippen LogP contribution in [0, 0.1) is 0 Å². The number of carbonyl (C=O) groups is 1. The Labute approximate surface area is 128 Å². The number of thiazole rings is 1. The molecule has 0 saturated heterocycles. The van der Waals surface area contributed by atoms with Gasteiger partial charge in [0.2, 0.25) is 0 Å². The third-order valence-electron chi connectivity index (χ3n) is 3.00. The van der Waals surface area contributed by atoms with Gasteiger partial charge in [0.05, 0.1) is 0 Å². The van der Waals surface area contributed by atoms with Crippen molar-refractivity contribution in [1.82, 2.24) is 14.9 Å². The molecular weight excluding hydrogens is 286 g/mol. The van der Waals surface area contributed by atoms with E-state index in [1.807, 2.05) is 37.2 Å². The van der Waals surface area contributed by atoms with Gasteiger partial charge in [0.25, 0.3) is 5.91 Å². The van der Waals surface area contributed by atoms with Crippen molar-refractivity contribution in [2.75, 3.05) is 38.3 Å². The highest BCUT2D eigenvalue weighted by Gasteiger charge is 2.20. The number of nitrogens with two attached hydrogens (primary N) is 1. The highest BCUT2D eigenvalue weighted by Crippen LogP contribution is 2.27. The minimum atomic E-state index is -0.103. The second-order valence-electron chi connectivity index (χ2n) is 4.90. The molecule has 2 aromatic heterocycles. The Morgan fingerprint density at radius 3 is 2.67 bits per heavy atom. The molecule has 0 unspecified atom stereocenters. The van der Waals surface area contributed by atoms with E-state index in [9.17, 15) is 4.79 Å². The molecule has 0 aliphatic rings. The van der Waals surface area contributed by atoms with E-state index in [4.69, 9.17) is 5.73 Å². The Bertz CT molecular complexity index is 611. The minimum Gasteiger partial charge on any atom is -0.382 e. The fourth-order valence-electron chi connectivity index (χ4n) is 1.77. The summed E-state index contributed by atoms with van der Waals surface area (Å²) in [5.41, 5.74) is 6.80. The topological polar surface area (TPSA) is 75.4 Å². The van der Waals surface area contributed by atoms with Gasteiger partial charge in [-0.25, -0.2) is 4.98 Å². The molecular formula is C14H19N5OS.